The third-order valence-electron chi connectivity index (χ3n) is 2.51. The number of nitrogens with one attached hydrogen (secondary N) is 1. The minimum absolute atomic E-state index is 0.0745. The first-order valence-electron chi connectivity index (χ1n) is 6.85. The number of carboxylic acid groups (broad SMARTS) is 1. The van der Waals surface area contributed by atoms with Gasteiger partial charge < -0.3 is 15.2 Å². The second-order valence-electron chi connectivity index (χ2n) is 5.66. The topological polar surface area (TPSA) is 75.6 Å². The number of alkyl carbamates (subject to hydrolysis) is 1. The number of benzene rings is 1. The quantitative estimate of drug-likeness (QED) is 0.803. The molecule has 5 nitrogen and oxygen atoms in total. The number of rotatable bonds is 5. The first-order valence-corrected chi connectivity index (χ1v) is 7.23. The van der Waals surface area contributed by atoms with E-state index in [0.717, 1.165) is 5.56 Å². The van der Waals surface area contributed by atoms with Gasteiger partial charge in [0.2, 0.25) is 0 Å². The standard InChI is InChI=1S/C16H20ClNO4/c1-16(2,3)22-15(21)18-9-5-4-6-11-7-8-12(14(19)20)13(17)10-11/h4,6-8,10H,5,9H2,1-3H3,(H,18,21)(H,19,20). The van der Waals surface area contributed by atoms with E-state index in [1.54, 1.807) is 32.9 Å². The minimum Gasteiger partial charge on any atom is -0.478 e. The predicted molar refractivity (Wildman–Crippen MR) is 86.3 cm³/mol. The maximum Gasteiger partial charge on any atom is 0.407 e. The predicted octanol–water partition coefficient (Wildman–Crippen LogP) is 3.97. The molecule has 0 spiro atoms. The van der Waals surface area contributed by atoms with Crippen LogP contribution < -0.4 is 5.32 Å². The van der Waals surface area contributed by atoms with Crippen LogP contribution in [0.15, 0.2) is 24.3 Å². The van der Waals surface area contributed by atoms with E-state index in [0.29, 0.717) is 13.0 Å². The highest BCUT2D eigenvalue weighted by molar-refractivity contribution is 6.33. The number of ether oxygens (including phenoxy) is 1. The number of hydrogen-bond acceptors (Lipinski definition) is 3. The van der Waals surface area contributed by atoms with Gasteiger partial charge >= 0.3 is 12.1 Å². The number of carboxylic acids is 1. The Kier molecular flexibility index (Phi) is 6.43. The van der Waals surface area contributed by atoms with E-state index in [1.165, 1.54) is 6.07 Å². The van der Waals surface area contributed by atoms with Gasteiger partial charge in [0.1, 0.15) is 5.60 Å². The Labute approximate surface area is 134 Å². The van der Waals surface area contributed by atoms with Crippen LogP contribution in [0, 0.1) is 0 Å². The average Bonchev–Trinajstić information content (AvgIpc) is 2.35. The van der Waals surface area contributed by atoms with Crippen LogP contribution in [0.25, 0.3) is 6.08 Å². The van der Waals surface area contributed by atoms with Crippen molar-refractivity contribution in [2.24, 2.45) is 0 Å². The summed E-state index contributed by atoms with van der Waals surface area (Å²) >= 11 is 5.88. The highest BCUT2D eigenvalue weighted by Gasteiger charge is 2.15. The van der Waals surface area contributed by atoms with Crippen molar-refractivity contribution >= 4 is 29.7 Å². The summed E-state index contributed by atoms with van der Waals surface area (Å²) in [5, 5.41) is 11.7. The van der Waals surface area contributed by atoms with Crippen molar-refractivity contribution in [3.05, 3.63) is 40.4 Å². The number of halogens is 1. The summed E-state index contributed by atoms with van der Waals surface area (Å²) in [5.41, 5.74) is 0.361. The molecule has 0 fully saturated rings. The molecule has 0 saturated carbocycles. The van der Waals surface area contributed by atoms with E-state index in [4.69, 9.17) is 21.4 Å². The molecule has 1 aromatic rings. The number of carbonyl (C=O) groups excluding carboxylic acids is 1. The van der Waals surface area contributed by atoms with Crippen LogP contribution in [0.5, 0.6) is 0 Å². The molecule has 1 rings (SSSR count). The Morgan fingerprint density at radius 2 is 2.05 bits per heavy atom. The molecule has 0 aromatic heterocycles. The molecule has 0 saturated heterocycles. The van der Waals surface area contributed by atoms with Gasteiger partial charge in [-0.3, -0.25) is 0 Å². The average molecular weight is 326 g/mol. The molecule has 1 aromatic carbocycles. The molecule has 0 atom stereocenters. The van der Waals surface area contributed by atoms with Crippen LogP contribution in [0.3, 0.4) is 0 Å². The summed E-state index contributed by atoms with van der Waals surface area (Å²) < 4.78 is 5.11. The Bertz CT molecular complexity index is 576. The van der Waals surface area contributed by atoms with E-state index in [1.807, 2.05) is 12.2 Å². The molecule has 0 aliphatic rings. The monoisotopic (exact) mass is 325 g/mol. The van der Waals surface area contributed by atoms with E-state index < -0.39 is 17.7 Å². The van der Waals surface area contributed by atoms with Gasteiger partial charge in [-0.1, -0.05) is 29.8 Å². The maximum absolute atomic E-state index is 11.4. The molecular formula is C16H20ClNO4. The molecule has 0 bridgehead atoms. The highest BCUT2D eigenvalue weighted by atomic mass is 35.5. The lowest BCUT2D eigenvalue weighted by Gasteiger charge is -2.19. The van der Waals surface area contributed by atoms with Gasteiger partial charge in [-0.05, 0) is 44.9 Å². The molecule has 0 radical (unpaired) electrons. The first kappa shape index (κ1) is 18.0. The van der Waals surface area contributed by atoms with Crippen molar-refractivity contribution in [1.29, 1.82) is 0 Å². The smallest absolute Gasteiger partial charge is 0.407 e. The van der Waals surface area contributed by atoms with Crippen LogP contribution in [-0.4, -0.2) is 29.3 Å². The number of aromatic carboxylic acids is 1. The van der Waals surface area contributed by atoms with Crippen molar-refractivity contribution in [1.82, 2.24) is 5.32 Å². The Morgan fingerprint density at radius 1 is 1.36 bits per heavy atom. The third-order valence-corrected chi connectivity index (χ3v) is 2.83. The summed E-state index contributed by atoms with van der Waals surface area (Å²) in [6, 6.07) is 4.72. The Morgan fingerprint density at radius 3 is 2.59 bits per heavy atom. The molecular weight excluding hydrogens is 306 g/mol. The summed E-state index contributed by atoms with van der Waals surface area (Å²) in [7, 11) is 0. The van der Waals surface area contributed by atoms with Crippen LogP contribution in [0.2, 0.25) is 5.02 Å². The van der Waals surface area contributed by atoms with Gasteiger partial charge in [-0.25, -0.2) is 9.59 Å². The molecule has 0 aliphatic heterocycles. The number of amides is 1. The van der Waals surface area contributed by atoms with Gasteiger partial charge in [-0.2, -0.15) is 0 Å². The molecule has 6 heteroatoms. The fraction of sp³-hybridized carbons (Fsp3) is 0.375. The summed E-state index contributed by atoms with van der Waals surface area (Å²) in [6.07, 6.45) is 3.85. The lowest BCUT2D eigenvalue weighted by Crippen LogP contribution is -2.32. The van der Waals surface area contributed by atoms with Crippen molar-refractivity contribution < 1.29 is 19.4 Å². The summed E-state index contributed by atoms with van der Waals surface area (Å²) in [5.74, 6) is -1.05. The van der Waals surface area contributed by atoms with Crippen LogP contribution >= 0.6 is 11.6 Å². The zero-order valence-electron chi connectivity index (χ0n) is 12.9. The minimum atomic E-state index is -1.05. The molecule has 2 N–H and O–H groups in total. The second-order valence-corrected chi connectivity index (χ2v) is 6.07. The zero-order valence-corrected chi connectivity index (χ0v) is 13.6. The fourth-order valence-electron chi connectivity index (χ4n) is 1.60. The number of carbonyl (C=O) groups is 2. The van der Waals surface area contributed by atoms with Crippen molar-refractivity contribution in [3.8, 4) is 0 Å². The lowest BCUT2D eigenvalue weighted by molar-refractivity contribution is 0.0528. The molecule has 22 heavy (non-hydrogen) atoms. The van der Waals surface area contributed by atoms with Crippen LogP contribution in [0.1, 0.15) is 43.1 Å². The SMILES string of the molecule is CC(C)(C)OC(=O)NCCC=Cc1ccc(C(=O)O)c(Cl)c1. The molecule has 0 heterocycles. The molecule has 1 amide bonds. The van der Waals surface area contributed by atoms with Gasteiger partial charge in [0.25, 0.3) is 0 Å². The normalized spacial score (nSPS) is 11.5. The molecule has 120 valence electrons. The summed E-state index contributed by atoms with van der Waals surface area (Å²) in [4.78, 5) is 22.2. The largest absolute Gasteiger partial charge is 0.478 e. The zero-order chi connectivity index (χ0) is 16.8. The van der Waals surface area contributed by atoms with Gasteiger partial charge in [0, 0.05) is 6.54 Å². The summed E-state index contributed by atoms with van der Waals surface area (Å²) in [6.45, 7) is 5.86. The van der Waals surface area contributed by atoms with Crippen LogP contribution in [-0.2, 0) is 4.74 Å². The number of hydrogen-bond donors (Lipinski definition) is 2. The third kappa shape index (κ3) is 6.63. The van der Waals surface area contributed by atoms with Crippen molar-refractivity contribution in [2.45, 2.75) is 32.8 Å². The van der Waals surface area contributed by atoms with E-state index in [9.17, 15) is 9.59 Å². The van der Waals surface area contributed by atoms with Crippen molar-refractivity contribution in [2.75, 3.05) is 6.54 Å². The molecule has 0 unspecified atom stereocenters. The van der Waals surface area contributed by atoms with Gasteiger partial charge in [0.05, 0.1) is 10.6 Å². The van der Waals surface area contributed by atoms with E-state index in [2.05, 4.69) is 5.32 Å². The maximum atomic E-state index is 11.4. The van der Waals surface area contributed by atoms with E-state index in [-0.39, 0.29) is 10.6 Å². The first-order chi connectivity index (χ1) is 10.2. The van der Waals surface area contributed by atoms with Gasteiger partial charge in [-0.15, -0.1) is 0 Å². The second kappa shape index (κ2) is 7.84. The Hall–Kier alpha value is -2.01. The Balaban J connectivity index is 2.42. The fourth-order valence-corrected chi connectivity index (χ4v) is 1.87. The van der Waals surface area contributed by atoms with E-state index >= 15 is 0 Å². The highest BCUT2D eigenvalue weighted by Crippen LogP contribution is 2.18. The lowest BCUT2D eigenvalue weighted by atomic mass is 10.1. The van der Waals surface area contributed by atoms with Crippen LogP contribution in [0.4, 0.5) is 4.79 Å². The molecule has 0 aliphatic carbocycles. The van der Waals surface area contributed by atoms with Crippen molar-refractivity contribution in [3.63, 3.8) is 0 Å². The van der Waals surface area contributed by atoms with Gasteiger partial charge in [0.15, 0.2) is 0 Å².